The van der Waals surface area contributed by atoms with Crippen LogP contribution in [0.2, 0.25) is 0 Å². The molecule has 2 aliphatic rings. The van der Waals surface area contributed by atoms with Gasteiger partial charge in [0.05, 0.1) is 33.3 Å². The number of carboxylic acids is 1. The van der Waals surface area contributed by atoms with Crippen molar-refractivity contribution < 1.29 is 38.6 Å². The van der Waals surface area contributed by atoms with Crippen LogP contribution in [0.3, 0.4) is 0 Å². The number of nitrogens with one attached hydrogen (secondary N) is 2. The third kappa shape index (κ3) is 11.7. The SMILES string of the molecule is CCCC[N+](CCCC)(CCCC)CCCC.COC(=O)C=C(C)NC(C(=O)N[C@@H]1C(=O)N2[C@@H]1SC(C)(C)[C@@H]2C(=O)O)c1ccc(O)cc1. The first-order valence-electron chi connectivity index (χ1n) is 17.9. The molecule has 49 heavy (non-hydrogen) atoms. The second-order valence-electron chi connectivity index (χ2n) is 13.8. The molecule has 0 bridgehead atoms. The molecule has 2 fully saturated rings. The number of phenolic OH excluding ortho intramolecular Hbond substituents is 1. The number of hydrogen-bond acceptors (Lipinski definition) is 8. The number of aliphatic carboxylic acids is 1. The molecule has 3 rings (SSSR count). The summed E-state index contributed by atoms with van der Waals surface area (Å²) in [4.78, 5) is 50.3. The van der Waals surface area contributed by atoms with E-state index in [0.717, 1.165) is 0 Å². The summed E-state index contributed by atoms with van der Waals surface area (Å²) in [6.07, 6.45) is 12.2. The normalized spacial score (nSPS) is 20.3. The fraction of sp³-hybridized carbons (Fsp3) is 0.676. The zero-order valence-corrected chi connectivity index (χ0v) is 31.7. The molecule has 11 nitrogen and oxygen atoms in total. The Labute approximate surface area is 297 Å². The van der Waals surface area contributed by atoms with Crippen LogP contribution >= 0.6 is 11.8 Å². The molecule has 1 aromatic carbocycles. The number of esters is 1. The number of aromatic hydroxyl groups is 1. The molecule has 2 heterocycles. The summed E-state index contributed by atoms with van der Waals surface area (Å²) in [5.41, 5.74) is 0.846. The van der Waals surface area contributed by atoms with Crippen LogP contribution in [-0.4, -0.2) is 98.8 Å². The summed E-state index contributed by atoms with van der Waals surface area (Å²) in [6, 6.07) is 3.09. The van der Waals surface area contributed by atoms with Gasteiger partial charge in [-0.1, -0.05) is 65.5 Å². The van der Waals surface area contributed by atoms with Crippen LogP contribution in [0.15, 0.2) is 36.0 Å². The van der Waals surface area contributed by atoms with Crippen molar-refractivity contribution in [3.8, 4) is 5.75 Å². The highest BCUT2D eigenvalue weighted by Gasteiger charge is 2.64. The van der Waals surface area contributed by atoms with Crippen molar-refractivity contribution in [2.45, 2.75) is 128 Å². The summed E-state index contributed by atoms with van der Waals surface area (Å²) in [5, 5.41) is 24.3. The zero-order valence-electron chi connectivity index (χ0n) is 30.9. The van der Waals surface area contributed by atoms with Gasteiger partial charge in [-0.15, -0.1) is 11.8 Å². The molecule has 0 aromatic heterocycles. The lowest BCUT2D eigenvalue weighted by Crippen LogP contribution is -2.71. The molecule has 1 aromatic rings. The lowest BCUT2D eigenvalue weighted by molar-refractivity contribution is -0.929. The molecule has 276 valence electrons. The number of benzene rings is 1. The van der Waals surface area contributed by atoms with Crippen molar-refractivity contribution in [3.63, 3.8) is 0 Å². The lowest BCUT2D eigenvalue weighted by Gasteiger charge is -2.44. The minimum absolute atomic E-state index is 0.0174. The molecule has 4 N–H and O–H groups in total. The molecule has 4 atom stereocenters. The number of fused-ring (bicyclic) bond motifs is 1. The van der Waals surface area contributed by atoms with Gasteiger partial charge in [0.15, 0.2) is 0 Å². The minimum atomic E-state index is -1.09. The summed E-state index contributed by atoms with van der Waals surface area (Å²) in [6.45, 7) is 20.1. The number of carboxylic acid groups (broad SMARTS) is 1. The molecular formula is C37H61N4O7S+. The van der Waals surface area contributed by atoms with E-state index in [0.29, 0.717) is 11.3 Å². The maximum Gasteiger partial charge on any atom is 0.332 e. The Hall–Kier alpha value is -3.25. The maximum absolute atomic E-state index is 13.2. The molecule has 0 radical (unpaired) electrons. The molecular weight excluding hydrogens is 644 g/mol. The number of methoxy groups -OCH3 is 1. The molecule has 1 unspecified atom stereocenters. The van der Waals surface area contributed by atoms with Gasteiger partial charge in [0.25, 0.3) is 0 Å². The van der Waals surface area contributed by atoms with Crippen LogP contribution in [-0.2, 0) is 23.9 Å². The van der Waals surface area contributed by atoms with Crippen LogP contribution in [0.5, 0.6) is 5.75 Å². The van der Waals surface area contributed by atoms with Gasteiger partial charge < -0.3 is 35.0 Å². The third-order valence-electron chi connectivity index (χ3n) is 9.31. The maximum atomic E-state index is 13.2. The highest BCUT2D eigenvalue weighted by molar-refractivity contribution is 8.01. The zero-order chi connectivity index (χ0) is 36.8. The molecule has 0 aliphatic carbocycles. The van der Waals surface area contributed by atoms with E-state index in [1.54, 1.807) is 32.9 Å². The van der Waals surface area contributed by atoms with Crippen molar-refractivity contribution in [1.82, 2.24) is 15.5 Å². The highest BCUT2D eigenvalue weighted by Crippen LogP contribution is 2.50. The number of ether oxygens (including phenoxy) is 1. The molecule has 2 aliphatic heterocycles. The minimum Gasteiger partial charge on any atom is -0.508 e. The summed E-state index contributed by atoms with van der Waals surface area (Å²) in [5.74, 6) is -2.67. The van der Waals surface area contributed by atoms with Gasteiger partial charge in [-0.05, 0) is 64.2 Å². The van der Waals surface area contributed by atoms with E-state index in [9.17, 15) is 29.4 Å². The van der Waals surface area contributed by atoms with Gasteiger partial charge in [-0.25, -0.2) is 9.59 Å². The average Bonchev–Trinajstić information content (AvgIpc) is 3.33. The number of rotatable bonds is 19. The van der Waals surface area contributed by atoms with E-state index in [1.165, 1.54) is 124 Å². The van der Waals surface area contributed by atoms with Crippen LogP contribution in [0.4, 0.5) is 0 Å². The second-order valence-corrected chi connectivity index (χ2v) is 15.5. The van der Waals surface area contributed by atoms with Crippen LogP contribution in [0.25, 0.3) is 0 Å². The van der Waals surface area contributed by atoms with Crippen molar-refractivity contribution in [1.29, 1.82) is 0 Å². The van der Waals surface area contributed by atoms with E-state index in [2.05, 4.69) is 43.1 Å². The number of unbranched alkanes of at least 4 members (excludes halogenated alkanes) is 4. The Morgan fingerprint density at radius 3 is 1.88 bits per heavy atom. The predicted octanol–water partition coefficient (Wildman–Crippen LogP) is 5.74. The van der Waals surface area contributed by atoms with Gasteiger partial charge in [0, 0.05) is 16.5 Å². The van der Waals surface area contributed by atoms with Crippen LogP contribution in [0.1, 0.15) is 111 Å². The number of amides is 2. The van der Waals surface area contributed by atoms with E-state index >= 15 is 0 Å². The van der Waals surface area contributed by atoms with E-state index in [4.69, 9.17) is 0 Å². The first-order valence-corrected chi connectivity index (χ1v) is 18.8. The summed E-state index contributed by atoms with van der Waals surface area (Å²) in [7, 11) is 1.23. The number of allylic oxidation sites excluding steroid dienone is 1. The Morgan fingerprint density at radius 1 is 0.959 bits per heavy atom. The van der Waals surface area contributed by atoms with Crippen molar-refractivity contribution in [2.75, 3.05) is 33.3 Å². The second kappa shape index (κ2) is 19.8. The van der Waals surface area contributed by atoms with Gasteiger partial charge in [0.1, 0.15) is 29.2 Å². The van der Waals surface area contributed by atoms with E-state index < -0.39 is 52.0 Å². The number of quaternary nitrogens is 1. The first-order chi connectivity index (χ1) is 23.2. The summed E-state index contributed by atoms with van der Waals surface area (Å²) < 4.78 is 5.31. The van der Waals surface area contributed by atoms with Crippen molar-refractivity contribution in [3.05, 3.63) is 41.6 Å². The molecule has 0 saturated carbocycles. The Bertz CT molecular complexity index is 1230. The van der Waals surface area contributed by atoms with Crippen LogP contribution < -0.4 is 10.6 Å². The number of phenols is 1. The smallest absolute Gasteiger partial charge is 0.332 e. The average molecular weight is 706 g/mol. The number of carbonyl (C=O) groups excluding carboxylic acids is 3. The number of hydrogen-bond donors (Lipinski definition) is 4. The van der Waals surface area contributed by atoms with Gasteiger partial charge in [-0.3, -0.25) is 9.59 Å². The van der Waals surface area contributed by atoms with Gasteiger partial charge in [0.2, 0.25) is 11.8 Å². The topological polar surface area (TPSA) is 145 Å². The molecule has 2 amide bonds. The Balaban J connectivity index is 0.000000417. The molecule has 0 spiro atoms. The standard InChI is InChI=1S/C21H25N3O7S.C16H36N/c1-10(9-13(26)31-4)22-14(11-5-7-12(25)8-6-11)17(27)23-15-18(28)24-16(20(29)30)21(2,3)32-19(15)24;1-5-9-13-17(14-10-6-2,15-11-7-3)16-12-8-4/h5-9,14-16,19,22,25H,1-4H3,(H,23,27)(H,29,30);5-16H2,1-4H3/q;+1/t14?,15-,16+,19-;/m1./s1. The fourth-order valence-electron chi connectivity index (χ4n) is 6.50. The van der Waals surface area contributed by atoms with Crippen LogP contribution in [0, 0.1) is 0 Å². The van der Waals surface area contributed by atoms with Crippen molar-refractivity contribution in [2.24, 2.45) is 0 Å². The first kappa shape index (κ1) is 41.9. The summed E-state index contributed by atoms with van der Waals surface area (Å²) >= 11 is 1.33. The Morgan fingerprint density at radius 2 is 1.45 bits per heavy atom. The predicted molar refractivity (Wildman–Crippen MR) is 195 cm³/mol. The number of carbonyl (C=O) groups is 4. The van der Waals surface area contributed by atoms with Gasteiger partial charge >= 0.3 is 11.9 Å². The highest BCUT2D eigenvalue weighted by atomic mass is 32.2. The lowest BCUT2D eigenvalue weighted by atomic mass is 9.95. The number of β-lactam (4-membered cyclic amide) rings is 1. The van der Waals surface area contributed by atoms with Crippen molar-refractivity contribution >= 4 is 35.5 Å². The monoisotopic (exact) mass is 705 g/mol. The fourth-order valence-corrected chi connectivity index (χ4v) is 8.12. The van der Waals surface area contributed by atoms with Gasteiger partial charge in [-0.2, -0.15) is 0 Å². The molecule has 12 heteroatoms. The van der Waals surface area contributed by atoms with E-state index in [-0.39, 0.29) is 5.75 Å². The quantitative estimate of drug-likeness (QED) is 0.0613. The number of nitrogens with zero attached hydrogens (tertiary/aromatic N) is 2. The molecule has 2 saturated heterocycles. The number of thioether (sulfide) groups is 1. The Kier molecular flexibility index (Phi) is 17.0. The third-order valence-corrected chi connectivity index (χ3v) is 10.9. The van der Waals surface area contributed by atoms with E-state index in [1.807, 2.05) is 0 Å². The largest absolute Gasteiger partial charge is 0.508 e.